The van der Waals surface area contributed by atoms with Crippen LogP contribution in [0, 0.1) is 0 Å². The summed E-state index contributed by atoms with van der Waals surface area (Å²) in [6.45, 7) is 2.38. The van der Waals surface area contributed by atoms with Crippen LogP contribution in [0.3, 0.4) is 0 Å². The summed E-state index contributed by atoms with van der Waals surface area (Å²) in [5.74, 6) is 0.233. The highest BCUT2D eigenvalue weighted by Gasteiger charge is 2.38. The van der Waals surface area contributed by atoms with Crippen LogP contribution in [-0.2, 0) is 6.42 Å². The van der Waals surface area contributed by atoms with E-state index >= 15 is 0 Å². The van der Waals surface area contributed by atoms with Gasteiger partial charge in [-0.2, -0.15) is 0 Å². The maximum Gasteiger partial charge on any atom is 0.258 e. The average Bonchev–Trinajstić information content (AvgIpc) is 2.81. The molecule has 1 amide bonds. The van der Waals surface area contributed by atoms with Gasteiger partial charge in [0.25, 0.3) is 5.91 Å². The number of halogens is 2. The fraction of sp³-hybridized carbons (Fsp3) is 0.278. The van der Waals surface area contributed by atoms with Gasteiger partial charge in [-0.3, -0.25) is 4.79 Å². The van der Waals surface area contributed by atoms with Gasteiger partial charge in [0, 0.05) is 29.6 Å². The summed E-state index contributed by atoms with van der Waals surface area (Å²) in [7, 11) is 0. The van der Waals surface area contributed by atoms with Gasteiger partial charge in [0.2, 0.25) is 0 Å². The zero-order chi connectivity index (χ0) is 16.0. The Bertz CT molecular complexity index is 776. The van der Waals surface area contributed by atoms with Crippen molar-refractivity contribution < 1.29 is 4.79 Å². The van der Waals surface area contributed by atoms with Gasteiger partial charge in [0.15, 0.2) is 0 Å². The van der Waals surface area contributed by atoms with E-state index in [4.69, 9.17) is 23.2 Å². The van der Waals surface area contributed by atoms with Crippen LogP contribution in [0.5, 0.6) is 0 Å². The van der Waals surface area contributed by atoms with Crippen LogP contribution in [0.2, 0.25) is 10.0 Å². The highest BCUT2D eigenvalue weighted by Crippen LogP contribution is 2.47. The van der Waals surface area contributed by atoms with Gasteiger partial charge >= 0.3 is 0 Å². The Labute approximate surface area is 145 Å². The normalized spacial score (nSPS) is 19.4. The second-order valence-corrected chi connectivity index (χ2v) is 6.83. The van der Waals surface area contributed by atoms with Gasteiger partial charge < -0.3 is 10.2 Å². The summed E-state index contributed by atoms with van der Waals surface area (Å²) >= 11 is 12.9. The molecule has 23 heavy (non-hydrogen) atoms. The first kappa shape index (κ1) is 15.0. The SMILES string of the molecule is O=C(c1ccccc1)N1CC2CNCCc3c(Cl)cc(Cl)c1c32. The van der Waals surface area contributed by atoms with Gasteiger partial charge in [-0.1, -0.05) is 41.4 Å². The van der Waals surface area contributed by atoms with Crippen LogP contribution in [0.15, 0.2) is 36.4 Å². The van der Waals surface area contributed by atoms with Crippen molar-refractivity contribution in [3.05, 3.63) is 63.1 Å². The highest BCUT2D eigenvalue weighted by molar-refractivity contribution is 6.38. The molecule has 0 aromatic heterocycles. The van der Waals surface area contributed by atoms with Crippen LogP contribution in [0.4, 0.5) is 5.69 Å². The molecule has 2 aromatic carbocycles. The van der Waals surface area contributed by atoms with Crippen LogP contribution in [0.1, 0.15) is 27.4 Å². The van der Waals surface area contributed by atoms with Crippen LogP contribution < -0.4 is 10.2 Å². The van der Waals surface area contributed by atoms with Crippen molar-refractivity contribution in [2.45, 2.75) is 12.3 Å². The molecule has 1 unspecified atom stereocenters. The fourth-order valence-corrected chi connectivity index (χ4v) is 4.29. The summed E-state index contributed by atoms with van der Waals surface area (Å²) in [6, 6.07) is 11.1. The number of carbonyl (C=O) groups is 1. The molecule has 0 saturated carbocycles. The number of benzene rings is 2. The lowest BCUT2D eigenvalue weighted by Gasteiger charge is -2.20. The third-order valence-corrected chi connectivity index (χ3v) is 5.26. The molecule has 1 N–H and O–H groups in total. The Hall–Kier alpha value is -1.55. The maximum atomic E-state index is 12.9. The molecule has 4 rings (SSSR count). The molecular weight excluding hydrogens is 331 g/mol. The predicted molar refractivity (Wildman–Crippen MR) is 93.9 cm³/mol. The van der Waals surface area contributed by atoms with E-state index in [0.29, 0.717) is 22.2 Å². The number of nitrogens with zero attached hydrogens (tertiary/aromatic N) is 1. The predicted octanol–water partition coefficient (Wildman–Crippen LogP) is 3.88. The molecule has 3 nitrogen and oxygen atoms in total. The summed E-state index contributed by atoms with van der Waals surface area (Å²) in [4.78, 5) is 14.7. The molecule has 0 radical (unpaired) electrons. The van der Waals surface area contributed by atoms with E-state index in [2.05, 4.69) is 5.32 Å². The first-order valence-electron chi connectivity index (χ1n) is 7.75. The third-order valence-electron chi connectivity index (χ3n) is 4.64. The molecule has 5 heteroatoms. The van der Waals surface area contributed by atoms with Crippen molar-refractivity contribution in [2.75, 3.05) is 24.5 Å². The number of hydrogen-bond donors (Lipinski definition) is 1. The molecule has 2 aliphatic rings. The zero-order valence-corrected chi connectivity index (χ0v) is 14.0. The number of hydrogen-bond acceptors (Lipinski definition) is 2. The fourth-order valence-electron chi connectivity index (χ4n) is 3.62. The molecular formula is C18H16Cl2N2O. The van der Waals surface area contributed by atoms with Crippen LogP contribution in [0.25, 0.3) is 0 Å². The van der Waals surface area contributed by atoms with E-state index in [1.165, 1.54) is 0 Å². The summed E-state index contributed by atoms with van der Waals surface area (Å²) < 4.78 is 0. The topological polar surface area (TPSA) is 32.3 Å². The lowest BCUT2D eigenvalue weighted by molar-refractivity contribution is 0.0988. The van der Waals surface area contributed by atoms with Gasteiger partial charge in [-0.25, -0.2) is 0 Å². The monoisotopic (exact) mass is 346 g/mol. The van der Waals surface area contributed by atoms with E-state index in [-0.39, 0.29) is 11.8 Å². The Balaban J connectivity index is 1.85. The molecule has 2 aliphatic heterocycles. The molecule has 0 bridgehead atoms. The van der Waals surface area contributed by atoms with E-state index in [1.807, 2.05) is 35.2 Å². The van der Waals surface area contributed by atoms with Crippen LogP contribution >= 0.6 is 23.2 Å². The maximum absolute atomic E-state index is 12.9. The smallest absolute Gasteiger partial charge is 0.258 e. The lowest BCUT2D eigenvalue weighted by atomic mass is 9.95. The standard InChI is InChI=1S/C18H16Cl2N2O/c19-14-8-15(20)17-16-12(9-21-7-6-13(14)16)10-22(17)18(23)11-4-2-1-3-5-11/h1-5,8,12,21H,6-7,9-10H2. The molecule has 118 valence electrons. The van der Waals surface area contributed by atoms with E-state index in [9.17, 15) is 4.79 Å². The summed E-state index contributed by atoms with van der Waals surface area (Å²) in [5.41, 5.74) is 3.80. The second-order valence-electron chi connectivity index (χ2n) is 6.01. The molecule has 0 aliphatic carbocycles. The third kappa shape index (κ3) is 2.44. The van der Waals surface area contributed by atoms with Crippen molar-refractivity contribution in [1.82, 2.24) is 5.32 Å². The minimum absolute atomic E-state index is 0.00917. The minimum Gasteiger partial charge on any atom is -0.316 e. The number of carbonyl (C=O) groups excluding carboxylic acids is 1. The Kier molecular flexibility index (Phi) is 3.80. The van der Waals surface area contributed by atoms with Gasteiger partial charge in [0.05, 0.1) is 10.7 Å². The quantitative estimate of drug-likeness (QED) is 0.849. The summed E-state index contributed by atoms with van der Waals surface area (Å²) in [6.07, 6.45) is 0.863. The van der Waals surface area contributed by atoms with Gasteiger partial charge in [-0.15, -0.1) is 0 Å². The number of rotatable bonds is 1. The molecule has 2 aromatic rings. The van der Waals surface area contributed by atoms with Gasteiger partial charge in [0.1, 0.15) is 0 Å². The Morgan fingerprint density at radius 3 is 2.74 bits per heavy atom. The van der Waals surface area contributed by atoms with E-state index < -0.39 is 0 Å². The first-order valence-corrected chi connectivity index (χ1v) is 8.51. The molecule has 1 atom stereocenters. The average molecular weight is 347 g/mol. The molecule has 0 saturated heterocycles. The Morgan fingerprint density at radius 2 is 1.96 bits per heavy atom. The van der Waals surface area contributed by atoms with Crippen molar-refractivity contribution in [3.63, 3.8) is 0 Å². The number of amides is 1. The minimum atomic E-state index is -0.00917. The van der Waals surface area contributed by atoms with Gasteiger partial charge in [-0.05, 0) is 42.3 Å². The van der Waals surface area contributed by atoms with Crippen molar-refractivity contribution >= 4 is 34.8 Å². The van der Waals surface area contributed by atoms with Crippen molar-refractivity contribution in [2.24, 2.45) is 0 Å². The number of anilines is 1. The largest absolute Gasteiger partial charge is 0.316 e. The molecule has 2 heterocycles. The second kappa shape index (κ2) is 5.82. The zero-order valence-electron chi connectivity index (χ0n) is 12.5. The molecule has 0 spiro atoms. The van der Waals surface area contributed by atoms with Crippen molar-refractivity contribution in [1.29, 1.82) is 0 Å². The first-order chi connectivity index (χ1) is 11.2. The Morgan fingerprint density at radius 1 is 1.17 bits per heavy atom. The lowest BCUT2D eigenvalue weighted by Crippen LogP contribution is -2.32. The summed E-state index contributed by atoms with van der Waals surface area (Å²) in [5, 5.41) is 4.70. The van der Waals surface area contributed by atoms with Crippen molar-refractivity contribution in [3.8, 4) is 0 Å². The van der Waals surface area contributed by atoms with E-state index in [1.54, 1.807) is 6.07 Å². The number of nitrogens with one attached hydrogen (secondary N) is 1. The van der Waals surface area contributed by atoms with E-state index in [0.717, 1.165) is 36.3 Å². The van der Waals surface area contributed by atoms with Crippen LogP contribution in [-0.4, -0.2) is 25.5 Å². The molecule has 0 fully saturated rings. The highest BCUT2D eigenvalue weighted by atomic mass is 35.5.